The van der Waals surface area contributed by atoms with E-state index in [-0.39, 0.29) is 15.5 Å². The number of carbonyl (C=O) groups is 3. The van der Waals surface area contributed by atoms with Gasteiger partial charge in [0, 0.05) is 11.6 Å². The molecule has 0 atom stereocenters. The fourth-order valence-electron chi connectivity index (χ4n) is 1.98. The van der Waals surface area contributed by atoms with Gasteiger partial charge in [-0.3, -0.25) is 14.9 Å². The van der Waals surface area contributed by atoms with Crippen LogP contribution >= 0.6 is 23.4 Å². The largest absolute Gasteiger partial charge is 0.478 e. The van der Waals surface area contributed by atoms with E-state index in [0.717, 1.165) is 11.8 Å². The molecule has 1 fully saturated rings. The zero-order valence-electron chi connectivity index (χ0n) is 11.3. The Morgan fingerprint density at radius 1 is 1.26 bits per heavy atom. The number of benzene rings is 1. The predicted molar refractivity (Wildman–Crippen MR) is 85.2 cm³/mol. The predicted octanol–water partition coefficient (Wildman–Crippen LogP) is 3.62. The third-order valence-corrected chi connectivity index (χ3v) is 4.16. The number of hydrogen-bond donors (Lipinski definition) is 2. The number of carboxylic acid groups (broad SMARTS) is 1. The number of nitrogens with one attached hydrogen (secondary N) is 1. The van der Waals surface area contributed by atoms with Crippen molar-refractivity contribution in [2.24, 2.45) is 0 Å². The number of rotatable bonds is 3. The number of halogens is 1. The molecule has 1 aromatic carbocycles. The van der Waals surface area contributed by atoms with Gasteiger partial charge >= 0.3 is 5.97 Å². The van der Waals surface area contributed by atoms with Gasteiger partial charge in [0.1, 0.15) is 11.5 Å². The summed E-state index contributed by atoms with van der Waals surface area (Å²) in [5.74, 6) is -0.814. The third kappa shape index (κ3) is 3.15. The molecule has 0 spiro atoms. The fourth-order valence-corrected chi connectivity index (χ4v) is 2.84. The van der Waals surface area contributed by atoms with Crippen LogP contribution in [0.3, 0.4) is 0 Å². The van der Waals surface area contributed by atoms with Gasteiger partial charge in [-0.1, -0.05) is 11.6 Å². The summed E-state index contributed by atoms with van der Waals surface area (Å²) in [5.41, 5.74) is 0.507. The van der Waals surface area contributed by atoms with E-state index in [4.69, 9.17) is 21.1 Å². The summed E-state index contributed by atoms with van der Waals surface area (Å²) in [5, 5.41) is 10.9. The Balaban J connectivity index is 1.92. The van der Waals surface area contributed by atoms with Gasteiger partial charge in [0.25, 0.3) is 11.1 Å². The number of amides is 2. The van der Waals surface area contributed by atoms with Crippen molar-refractivity contribution in [3.8, 4) is 11.3 Å². The molecule has 1 saturated heterocycles. The Labute approximate surface area is 139 Å². The lowest BCUT2D eigenvalue weighted by molar-refractivity contribution is -0.115. The summed E-state index contributed by atoms with van der Waals surface area (Å²) in [7, 11) is 0. The van der Waals surface area contributed by atoms with Crippen LogP contribution in [0.15, 0.2) is 39.7 Å². The highest BCUT2D eigenvalue weighted by Crippen LogP contribution is 2.30. The topological polar surface area (TPSA) is 96.6 Å². The Kier molecular flexibility index (Phi) is 3.97. The molecule has 116 valence electrons. The van der Waals surface area contributed by atoms with Crippen LogP contribution < -0.4 is 5.32 Å². The zero-order chi connectivity index (χ0) is 16.6. The summed E-state index contributed by atoms with van der Waals surface area (Å²) in [6.45, 7) is 0. The third-order valence-electron chi connectivity index (χ3n) is 3.02. The first-order valence-electron chi connectivity index (χ1n) is 6.32. The highest BCUT2D eigenvalue weighted by atomic mass is 35.5. The van der Waals surface area contributed by atoms with Crippen LogP contribution in [0.1, 0.15) is 16.1 Å². The first-order valence-corrected chi connectivity index (χ1v) is 7.51. The number of thioether (sulfide) groups is 1. The SMILES string of the molecule is O=C1NC(=O)C(=Cc2ccc(-c3ccc(Cl)c(C(=O)O)c3)o2)S1. The van der Waals surface area contributed by atoms with Crippen LogP contribution in [0.4, 0.5) is 4.79 Å². The molecule has 1 aliphatic rings. The van der Waals surface area contributed by atoms with Gasteiger partial charge < -0.3 is 9.52 Å². The Morgan fingerprint density at radius 2 is 2.04 bits per heavy atom. The van der Waals surface area contributed by atoms with Gasteiger partial charge in [0.15, 0.2) is 0 Å². The molecule has 0 radical (unpaired) electrons. The molecule has 0 unspecified atom stereocenters. The van der Waals surface area contributed by atoms with Gasteiger partial charge in [-0.25, -0.2) is 4.79 Å². The Morgan fingerprint density at radius 3 is 2.70 bits per heavy atom. The first kappa shape index (κ1) is 15.4. The number of hydrogen-bond acceptors (Lipinski definition) is 5. The number of carboxylic acids is 1. The molecular formula is C15H8ClNO5S. The molecule has 8 heteroatoms. The zero-order valence-corrected chi connectivity index (χ0v) is 12.9. The van der Waals surface area contributed by atoms with Crippen LogP contribution in [0, 0.1) is 0 Å². The summed E-state index contributed by atoms with van der Waals surface area (Å²) >= 11 is 6.62. The summed E-state index contributed by atoms with van der Waals surface area (Å²) in [4.78, 5) is 33.9. The van der Waals surface area contributed by atoms with Crippen LogP contribution in [-0.4, -0.2) is 22.2 Å². The highest BCUT2D eigenvalue weighted by Gasteiger charge is 2.25. The molecule has 2 heterocycles. The minimum absolute atomic E-state index is 0.0307. The fraction of sp³-hybridized carbons (Fsp3) is 0. The van der Waals surface area contributed by atoms with E-state index in [2.05, 4.69) is 5.32 Å². The van der Waals surface area contributed by atoms with E-state index in [9.17, 15) is 14.4 Å². The van der Waals surface area contributed by atoms with Crippen molar-refractivity contribution < 1.29 is 23.9 Å². The molecule has 0 aliphatic carbocycles. The average molecular weight is 350 g/mol. The second kappa shape index (κ2) is 5.94. The second-order valence-electron chi connectivity index (χ2n) is 4.55. The molecule has 3 rings (SSSR count). The number of imide groups is 1. The molecule has 23 heavy (non-hydrogen) atoms. The maximum absolute atomic E-state index is 11.5. The van der Waals surface area contributed by atoms with E-state index in [1.165, 1.54) is 18.2 Å². The van der Waals surface area contributed by atoms with Crippen molar-refractivity contribution >= 4 is 46.6 Å². The molecule has 6 nitrogen and oxygen atoms in total. The molecule has 2 aromatic rings. The van der Waals surface area contributed by atoms with Gasteiger partial charge in [-0.2, -0.15) is 0 Å². The van der Waals surface area contributed by atoms with E-state index >= 15 is 0 Å². The van der Waals surface area contributed by atoms with E-state index in [1.54, 1.807) is 18.2 Å². The summed E-state index contributed by atoms with van der Waals surface area (Å²) in [6.07, 6.45) is 1.45. The molecule has 1 aliphatic heterocycles. The lowest BCUT2D eigenvalue weighted by Crippen LogP contribution is -2.17. The Hall–Kier alpha value is -2.51. The first-order chi connectivity index (χ1) is 10.9. The quantitative estimate of drug-likeness (QED) is 0.821. The maximum Gasteiger partial charge on any atom is 0.337 e. The van der Waals surface area contributed by atoms with Crippen molar-refractivity contribution in [2.75, 3.05) is 0 Å². The monoisotopic (exact) mass is 349 g/mol. The van der Waals surface area contributed by atoms with Crippen molar-refractivity contribution in [1.29, 1.82) is 0 Å². The lowest BCUT2D eigenvalue weighted by Gasteiger charge is -2.02. The van der Waals surface area contributed by atoms with Gasteiger partial charge in [-0.15, -0.1) is 0 Å². The van der Waals surface area contributed by atoms with Crippen molar-refractivity contribution in [1.82, 2.24) is 5.32 Å². The standard InChI is InChI=1S/C15H8ClNO5S/c16-10-3-1-7(5-9(10)14(19)20)11-4-2-8(22-11)6-12-13(18)17-15(21)23-12/h1-6H,(H,19,20)(H,17,18,21). The van der Waals surface area contributed by atoms with Gasteiger partial charge in [0.05, 0.1) is 15.5 Å². The smallest absolute Gasteiger partial charge is 0.337 e. The molecule has 2 amide bonds. The normalized spacial score (nSPS) is 16.0. The van der Waals surface area contributed by atoms with Crippen LogP contribution in [-0.2, 0) is 4.79 Å². The minimum atomic E-state index is -1.14. The lowest BCUT2D eigenvalue weighted by atomic mass is 10.1. The van der Waals surface area contributed by atoms with E-state index in [0.29, 0.717) is 17.1 Å². The van der Waals surface area contributed by atoms with Crippen molar-refractivity contribution in [3.05, 3.63) is 51.6 Å². The number of furan rings is 1. The van der Waals surface area contributed by atoms with Crippen LogP contribution in [0.5, 0.6) is 0 Å². The van der Waals surface area contributed by atoms with E-state index in [1.807, 2.05) is 0 Å². The summed E-state index contributed by atoms with van der Waals surface area (Å²) < 4.78 is 5.57. The number of carbonyl (C=O) groups excluding carboxylic acids is 2. The molecule has 0 bridgehead atoms. The minimum Gasteiger partial charge on any atom is -0.478 e. The van der Waals surface area contributed by atoms with Gasteiger partial charge in [-0.05, 0) is 42.1 Å². The molecule has 2 N–H and O–H groups in total. The maximum atomic E-state index is 11.5. The number of aromatic carboxylic acids is 1. The highest BCUT2D eigenvalue weighted by molar-refractivity contribution is 8.18. The molecule has 1 aromatic heterocycles. The average Bonchev–Trinajstić information content (AvgIpc) is 3.06. The van der Waals surface area contributed by atoms with Crippen LogP contribution in [0.25, 0.3) is 17.4 Å². The van der Waals surface area contributed by atoms with Crippen LogP contribution in [0.2, 0.25) is 5.02 Å². The summed E-state index contributed by atoms with van der Waals surface area (Å²) in [6, 6.07) is 7.76. The van der Waals surface area contributed by atoms with Crippen molar-refractivity contribution in [3.63, 3.8) is 0 Å². The molecular weight excluding hydrogens is 342 g/mol. The van der Waals surface area contributed by atoms with Gasteiger partial charge in [0.2, 0.25) is 0 Å². The second-order valence-corrected chi connectivity index (χ2v) is 5.98. The molecule has 0 saturated carbocycles. The Bertz CT molecular complexity index is 871. The van der Waals surface area contributed by atoms with Crippen molar-refractivity contribution in [2.45, 2.75) is 0 Å². The van der Waals surface area contributed by atoms with E-state index < -0.39 is 17.1 Å².